The van der Waals surface area contributed by atoms with E-state index in [0.717, 1.165) is 101 Å². The lowest BCUT2D eigenvalue weighted by Gasteiger charge is -2.19. The second kappa shape index (κ2) is 13.2. The molecule has 0 unspecified atom stereocenters. The minimum Gasteiger partial charge on any atom is -0.312 e. The maximum atomic E-state index is 10.3. The zero-order valence-electron chi connectivity index (χ0n) is 30.2. The van der Waals surface area contributed by atoms with Gasteiger partial charge in [0.1, 0.15) is 6.07 Å². The Morgan fingerprint density at radius 1 is 0.429 bits per heavy atom. The molecule has 1 aliphatic carbocycles. The molecule has 0 saturated carbocycles. The molecule has 0 fully saturated rings. The first-order valence-corrected chi connectivity index (χ1v) is 18.7. The highest BCUT2D eigenvalue weighted by atomic mass is 15.0. The normalized spacial score (nSPS) is 12.2. The van der Waals surface area contributed by atoms with Crippen LogP contribution in [0.2, 0.25) is 0 Å². The number of allylic oxidation sites excluding steroid dienone is 1. The molecule has 260 valence electrons. The van der Waals surface area contributed by atoms with Gasteiger partial charge < -0.3 is 9.13 Å². The van der Waals surface area contributed by atoms with E-state index in [1.54, 1.807) is 0 Å². The minimum atomic E-state index is 0.609. The first-order chi connectivity index (χ1) is 27.7. The zero-order valence-corrected chi connectivity index (χ0v) is 30.2. The fourth-order valence-corrected chi connectivity index (χ4v) is 8.75. The monoisotopic (exact) mass is 713 g/mol. The van der Waals surface area contributed by atoms with Gasteiger partial charge in [-0.05, 0) is 83.6 Å². The standard InChI is InChI=1S/C51H31N5/c52-30-33-23-26-36(27-24-33)55-49-28-25-34(31-53)29-46(49)45-20-10-17-42(50(45)55)39-14-4-2-12-37(39)38-13-3-5-15-40(38)43-18-9-19-44-41-16-6-8-22-48(41)56(51(43)44)47-21-7-1-11-35(47)32-54/h1-24,26-27,29H,25,28H2. The molecule has 5 heteroatoms. The van der Waals surface area contributed by atoms with Crippen molar-refractivity contribution in [2.75, 3.05) is 0 Å². The molecule has 0 atom stereocenters. The molecular weight excluding hydrogens is 683 g/mol. The van der Waals surface area contributed by atoms with Gasteiger partial charge in [0, 0.05) is 49.8 Å². The molecule has 2 heterocycles. The van der Waals surface area contributed by atoms with Gasteiger partial charge in [-0.15, -0.1) is 0 Å². The number of rotatable bonds is 5. The van der Waals surface area contributed by atoms with Gasteiger partial charge in [-0.1, -0.05) is 115 Å². The SMILES string of the molecule is N#CC1=Cc2c(n(-c3ccc(C#N)cc3)c3c(-c4ccccc4-c4ccccc4-c4cccc5c6ccccc6n(-c6ccccc6C#N)c45)cccc23)CC1. The van der Waals surface area contributed by atoms with Gasteiger partial charge in [0.25, 0.3) is 0 Å². The summed E-state index contributed by atoms with van der Waals surface area (Å²) in [5.41, 5.74) is 15.7. The van der Waals surface area contributed by atoms with Crippen molar-refractivity contribution in [2.45, 2.75) is 12.8 Å². The third kappa shape index (κ3) is 4.99. The van der Waals surface area contributed by atoms with Gasteiger partial charge in [0.15, 0.2) is 0 Å². The molecule has 0 amide bonds. The van der Waals surface area contributed by atoms with Crippen molar-refractivity contribution < 1.29 is 0 Å². The summed E-state index contributed by atoms with van der Waals surface area (Å²) in [7, 11) is 0. The van der Waals surface area contributed by atoms with Gasteiger partial charge in [0.2, 0.25) is 0 Å². The van der Waals surface area contributed by atoms with Crippen molar-refractivity contribution in [3.8, 4) is 63.0 Å². The molecule has 7 aromatic carbocycles. The highest BCUT2D eigenvalue weighted by Crippen LogP contribution is 2.46. The molecule has 0 N–H and O–H groups in total. The van der Waals surface area contributed by atoms with Crippen LogP contribution in [0.3, 0.4) is 0 Å². The number of nitriles is 3. The lowest BCUT2D eigenvalue weighted by atomic mass is 9.88. The molecule has 0 radical (unpaired) electrons. The maximum absolute atomic E-state index is 10.3. The number of fused-ring (bicyclic) bond motifs is 6. The second-order valence-electron chi connectivity index (χ2n) is 14.1. The van der Waals surface area contributed by atoms with Gasteiger partial charge >= 0.3 is 0 Å². The number of hydrogen-bond donors (Lipinski definition) is 0. The van der Waals surface area contributed by atoms with Gasteiger partial charge in [-0.25, -0.2) is 0 Å². The number of benzene rings is 7. The van der Waals surface area contributed by atoms with E-state index in [-0.39, 0.29) is 0 Å². The molecular formula is C51H31N5. The Bertz CT molecular complexity index is 3220. The van der Waals surface area contributed by atoms with E-state index in [9.17, 15) is 15.8 Å². The summed E-state index contributed by atoms with van der Waals surface area (Å²) in [5, 5.41) is 33.1. The fraction of sp³-hybridized carbons (Fsp3) is 0.0392. The summed E-state index contributed by atoms with van der Waals surface area (Å²) in [5.74, 6) is 0. The van der Waals surface area contributed by atoms with Crippen molar-refractivity contribution in [2.24, 2.45) is 0 Å². The Labute approximate surface area is 324 Å². The molecule has 1 aliphatic rings. The summed E-state index contributed by atoms with van der Waals surface area (Å²) in [6.45, 7) is 0. The summed E-state index contributed by atoms with van der Waals surface area (Å²) in [6, 6.07) is 61.3. The topological polar surface area (TPSA) is 81.2 Å². The summed E-state index contributed by atoms with van der Waals surface area (Å²) in [6.07, 6.45) is 3.47. The van der Waals surface area contributed by atoms with Crippen LogP contribution in [0, 0.1) is 34.0 Å². The lowest BCUT2D eigenvalue weighted by Crippen LogP contribution is -2.05. The zero-order chi connectivity index (χ0) is 37.8. The van der Waals surface area contributed by atoms with E-state index in [1.165, 1.54) is 0 Å². The van der Waals surface area contributed by atoms with E-state index in [2.05, 4.69) is 143 Å². The Morgan fingerprint density at radius 3 is 1.64 bits per heavy atom. The molecule has 0 spiro atoms. The first kappa shape index (κ1) is 32.7. The van der Waals surface area contributed by atoms with Gasteiger partial charge in [0.05, 0.1) is 45.5 Å². The van der Waals surface area contributed by atoms with Crippen LogP contribution in [-0.4, -0.2) is 9.13 Å². The van der Waals surface area contributed by atoms with Crippen LogP contribution in [0.4, 0.5) is 0 Å². The number of para-hydroxylation sites is 4. The minimum absolute atomic E-state index is 0.609. The van der Waals surface area contributed by atoms with Crippen LogP contribution in [0.15, 0.2) is 163 Å². The predicted molar refractivity (Wildman–Crippen MR) is 225 cm³/mol. The highest BCUT2D eigenvalue weighted by molar-refractivity contribution is 6.15. The number of aromatic nitrogens is 2. The van der Waals surface area contributed by atoms with Crippen LogP contribution in [0.1, 0.15) is 28.8 Å². The van der Waals surface area contributed by atoms with E-state index in [1.807, 2.05) is 48.5 Å². The van der Waals surface area contributed by atoms with Gasteiger partial charge in [-0.2, -0.15) is 15.8 Å². The predicted octanol–water partition coefficient (Wildman–Crippen LogP) is 12.3. The molecule has 56 heavy (non-hydrogen) atoms. The van der Waals surface area contributed by atoms with E-state index >= 15 is 0 Å². The first-order valence-electron chi connectivity index (χ1n) is 18.7. The maximum Gasteiger partial charge on any atom is 0.101 e. The van der Waals surface area contributed by atoms with Crippen molar-refractivity contribution in [3.63, 3.8) is 0 Å². The van der Waals surface area contributed by atoms with Crippen LogP contribution in [-0.2, 0) is 6.42 Å². The third-order valence-corrected chi connectivity index (χ3v) is 11.2. The van der Waals surface area contributed by atoms with Crippen molar-refractivity contribution >= 4 is 38.8 Å². The Kier molecular flexibility index (Phi) is 7.71. The lowest BCUT2D eigenvalue weighted by molar-refractivity contribution is 0.871. The molecule has 5 nitrogen and oxygen atoms in total. The van der Waals surface area contributed by atoms with E-state index in [4.69, 9.17) is 0 Å². The molecule has 9 aromatic rings. The number of hydrogen-bond acceptors (Lipinski definition) is 3. The average Bonchev–Trinajstić information content (AvgIpc) is 3.79. The van der Waals surface area contributed by atoms with Crippen LogP contribution < -0.4 is 0 Å². The Morgan fingerprint density at radius 2 is 0.982 bits per heavy atom. The summed E-state index contributed by atoms with van der Waals surface area (Å²) < 4.78 is 4.58. The largest absolute Gasteiger partial charge is 0.312 e. The highest BCUT2D eigenvalue weighted by Gasteiger charge is 2.25. The second-order valence-corrected chi connectivity index (χ2v) is 14.1. The van der Waals surface area contributed by atoms with E-state index in [0.29, 0.717) is 17.5 Å². The quantitative estimate of drug-likeness (QED) is 0.178. The van der Waals surface area contributed by atoms with Crippen LogP contribution >= 0.6 is 0 Å². The van der Waals surface area contributed by atoms with Crippen molar-refractivity contribution in [3.05, 3.63) is 186 Å². The molecule has 2 aromatic heterocycles. The fourth-order valence-electron chi connectivity index (χ4n) is 8.75. The third-order valence-electron chi connectivity index (χ3n) is 11.2. The summed E-state index contributed by atoms with van der Waals surface area (Å²) >= 11 is 0. The molecule has 10 rings (SSSR count). The smallest absolute Gasteiger partial charge is 0.101 e. The van der Waals surface area contributed by atoms with Gasteiger partial charge in [-0.3, -0.25) is 0 Å². The number of nitrogens with zero attached hydrogens (tertiary/aromatic N) is 5. The average molecular weight is 714 g/mol. The van der Waals surface area contributed by atoms with Crippen LogP contribution in [0.5, 0.6) is 0 Å². The molecule has 0 saturated heterocycles. The van der Waals surface area contributed by atoms with Crippen molar-refractivity contribution in [1.82, 2.24) is 9.13 Å². The van der Waals surface area contributed by atoms with Crippen LogP contribution in [0.25, 0.3) is 83.5 Å². The van der Waals surface area contributed by atoms with E-state index < -0.39 is 0 Å². The summed E-state index contributed by atoms with van der Waals surface area (Å²) in [4.78, 5) is 0. The van der Waals surface area contributed by atoms with Crippen molar-refractivity contribution in [1.29, 1.82) is 15.8 Å². The molecule has 0 bridgehead atoms. The Hall–Kier alpha value is -7.91. The Balaban J connectivity index is 1.25. The molecule has 0 aliphatic heterocycles.